The Kier molecular flexibility index (Phi) is 4.48. The lowest BCUT2D eigenvalue weighted by Crippen LogP contribution is -2.46. The Morgan fingerprint density at radius 3 is 3.04 bits per heavy atom. The number of morpholine rings is 1. The van der Waals surface area contributed by atoms with Gasteiger partial charge in [-0.15, -0.1) is 0 Å². The number of ether oxygens (including phenoxy) is 2. The number of benzene rings is 1. The summed E-state index contributed by atoms with van der Waals surface area (Å²) in [7, 11) is 1.72. The summed E-state index contributed by atoms with van der Waals surface area (Å²) in [5.41, 5.74) is 0.235. The van der Waals surface area contributed by atoms with Crippen molar-refractivity contribution < 1.29 is 18.3 Å². The molecule has 0 aliphatic carbocycles. The second kappa shape index (κ2) is 6.95. The average Bonchev–Trinajstić information content (AvgIpc) is 3.04. The van der Waals surface area contributed by atoms with Crippen molar-refractivity contribution in [1.29, 1.82) is 0 Å². The third kappa shape index (κ3) is 3.47. The van der Waals surface area contributed by atoms with Crippen LogP contribution in [0.4, 0.5) is 14.7 Å². The molecule has 3 heterocycles. The van der Waals surface area contributed by atoms with Crippen LogP contribution >= 0.6 is 0 Å². The number of H-pyrrole nitrogens is 1. The summed E-state index contributed by atoms with van der Waals surface area (Å²) in [5.74, 6) is -1.25. The molecule has 8 nitrogen and oxygen atoms in total. The van der Waals surface area contributed by atoms with Crippen LogP contribution in [-0.2, 0) is 11.8 Å². The zero-order chi connectivity index (χ0) is 19.0. The van der Waals surface area contributed by atoms with Crippen molar-refractivity contribution in [3.05, 3.63) is 46.4 Å². The van der Waals surface area contributed by atoms with Gasteiger partial charge in [-0.25, -0.2) is 8.78 Å². The second-order valence-electron chi connectivity index (χ2n) is 6.22. The quantitative estimate of drug-likeness (QED) is 0.736. The van der Waals surface area contributed by atoms with E-state index >= 15 is 0 Å². The van der Waals surface area contributed by atoms with Gasteiger partial charge in [0.15, 0.2) is 17.3 Å². The van der Waals surface area contributed by atoms with Crippen LogP contribution < -0.4 is 15.2 Å². The number of aromatic nitrogens is 4. The fourth-order valence-corrected chi connectivity index (χ4v) is 2.94. The van der Waals surface area contributed by atoms with Crippen LogP contribution in [0.15, 0.2) is 29.2 Å². The fourth-order valence-electron chi connectivity index (χ4n) is 2.94. The molecule has 1 N–H and O–H groups in total. The van der Waals surface area contributed by atoms with Crippen LogP contribution in [0.3, 0.4) is 0 Å². The number of halogens is 2. The molecule has 0 spiro atoms. The smallest absolute Gasteiger partial charge is 0.263 e. The Labute approximate surface area is 152 Å². The molecule has 0 radical (unpaired) electrons. The van der Waals surface area contributed by atoms with E-state index in [2.05, 4.69) is 15.1 Å². The Bertz CT molecular complexity index is 1040. The van der Waals surface area contributed by atoms with Gasteiger partial charge in [0, 0.05) is 19.7 Å². The molecule has 0 saturated carbocycles. The van der Waals surface area contributed by atoms with Crippen molar-refractivity contribution in [3.8, 4) is 5.75 Å². The molecule has 1 aromatic carbocycles. The highest BCUT2D eigenvalue weighted by Gasteiger charge is 2.24. The van der Waals surface area contributed by atoms with Crippen molar-refractivity contribution >= 4 is 17.0 Å². The zero-order valence-corrected chi connectivity index (χ0v) is 14.5. The van der Waals surface area contributed by atoms with Crippen molar-refractivity contribution in [3.63, 3.8) is 0 Å². The largest absolute Gasteiger partial charge is 0.491 e. The van der Waals surface area contributed by atoms with Crippen molar-refractivity contribution in [1.82, 2.24) is 19.7 Å². The first kappa shape index (κ1) is 17.4. The lowest BCUT2D eigenvalue weighted by atomic mass is 10.3. The molecule has 1 fully saturated rings. The highest BCUT2D eigenvalue weighted by molar-refractivity contribution is 5.74. The summed E-state index contributed by atoms with van der Waals surface area (Å²) in [6.45, 7) is 1.54. The van der Waals surface area contributed by atoms with Crippen LogP contribution in [0.2, 0.25) is 0 Å². The average molecular weight is 377 g/mol. The number of aryl methyl sites for hydroxylation is 1. The SMILES string of the molecule is Cn1ncc2c(=O)[nH]c(N3CCOC(COc4ccc(F)c(F)c4)C3)nc21. The van der Waals surface area contributed by atoms with Gasteiger partial charge < -0.3 is 14.4 Å². The third-order valence-corrected chi connectivity index (χ3v) is 4.35. The van der Waals surface area contributed by atoms with Gasteiger partial charge in [-0.3, -0.25) is 14.5 Å². The van der Waals surface area contributed by atoms with E-state index in [1.807, 2.05) is 4.90 Å². The summed E-state index contributed by atoms with van der Waals surface area (Å²) in [5, 5.41) is 4.47. The van der Waals surface area contributed by atoms with Crippen LogP contribution in [0.5, 0.6) is 5.75 Å². The molecule has 4 rings (SSSR count). The van der Waals surface area contributed by atoms with Gasteiger partial charge >= 0.3 is 0 Å². The van der Waals surface area contributed by atoms with Crippen LogP contribution in [0, 0.1) is 11.6 Å². The number of aromatic amines is 1. The first-order valence-corrected chi connectivity index (χ1v) is 8.37. The van der Waals surface area contributed by atoms with Crippen molar-refractivity contribution in [2.75, 3.05) is 31.2 Å². The van der Waals surface area contributed by atoms with Gasteiger partial charge in [-0.05, 0) is 12.1 Å². The van der Waals surface area contributed by atoms with E-state index in [1.165, 1.54) is 16.9 Å². The molecule has 1 unspecified atom stereocenters. The minimum absolute atomic E-state index is 0.153. The Balaban J connectivity index is 1.47. The highest BCUT2D eigenvalue weighted by Crippen LogP contribution is 2.18. The molecular weight excluding hydrogens is 360 g/mol. The first-order valence-electron chi connectivity index (χ1n) is 8.37. The highest BCUT2D eigenvalue weighted by atomic mass is 19.2. The van der Waals surface area contributed by atoms with Crippen LogP contribution in [0.1, 0.15) is 0 Å². The monoisotopic (exact) mass is 377 g/mol. The molecule has 0 bridgehead atoms. The predicted octanol–water partition coefficient (Wildman–Crippen LogP) is 1.22. The number of nitrogens with one attached hydrogen (secondary N) is 1. The van der Waals surface area contributed by atoms with E-state index in [1.54, 1.807) is 7.05 Å². The van der Waals surface area contributed by atoms with Crippen LogP contribution in [-0.4, -0.2) is 52.2 Å². The fraction of sp³-hybridized carbons (Fsp3) is 0.353. The number of hydrogen-bond donors (Lipinski definition) is 1. The molecule has 10 heteroatoms. The summed E-state index contributed by atoms with van der Waals surface area (Å²) >= 11 is 0. The maximum Gasteiger partial charge on any atom is 0.263 e. The van der Waals surface area contributed by atoms with Gasteiger partial charge in [0.1, 0.15) is 23.8 Å². The van der Waals surface area contributed by atoms with E-state index < -0.39 is 11.6 Å². The van der Waals surface area contributed by atoms with Gasteiger partial charge in [-0.2, -0.15) is 10.1 Å². The summed E-state index contributed by atoms with van der Waals surface area (Å²) in [6.07, 6.45) is 1.15. The number of fused-ring (bicyclic) bond motifs is 1. The molecule has 1 aliphatic heterocycles. The van der Waals surface area contributed by atoms with E-state index in [0.717, 1.165) is 12.1 Å². The van der Waals surface area contributed by atoms with Gasteiger partial charge in [0.2, 0.25) is 5.95 Å². The van der Waals surface area contributed by atoms with E-state index in [9.17, 15) is 13.6 Å². The molecule has 1 aliphatic rings. The van der Waals surface area contributed by atoms with E-state index in [4.69, 9.17) is 9.47 Å². The molecule has 142 valence electrons. The van der Waals surface area contributed by atoms with E-state index in [-0.39, 0.29) is 24.0 Å². The molecule has 0 amide bonds. The van der Waals surface area contributed by atoms with Gasteiger partial charge in [-0.1, -0.05) is 0 Å². The van der Waals surface area contributed by atoms with Gasteiger partial charge in [0.25, 0.3) is 5.56 Å². The van der Waals surface area contributed by atoms with Crippen molar-refractivity contribution in [2.45, 2.75) is 6.10 Å². The summed E-state index contributed by atoms with van der Waals surface area (Å²) < 4.78 is 38.9. The predicted molar refractivity (Wildman–Crippen MR) is 92.9 cm³/mol. The minimum Gasteiger partial charge on any atom is -0.491 e. The maximum atomic E-state index is 13.3. The number of rotatable bonds is 4. The summed E-state index contributed by atoms with van der Waals surface area (Å²) in [4.78, 5) is 21.3. The molecule has 1 saturated heterocycles. The molecular formula is C17H17F2N5O3. The lowest BCUT2D eigenvalue weighted by Gasteiger charge is -2.33. The van der Waals surface area contributed by atoms with Crippen LogP contribution in [0.25, 0.3) is 11.0 Å². The van der Waals surface area contributed by atoms with Crippen molar-refractivity contribution in [2.24, 2.45) is 7.05 Å². The van der Waals surface area contributed by atoms with Gasteiger partial charge in [0.05, 0.1) is 19.3 Å². The second-order valence-corrected chi connectivity index (χ2v) is 6.22. The normalized spacial score (nSPS) is 17.4. The number of hydrogen-bond acceptors (Lipinski definition) is 6. The zero-order valence-electron chi connectivity index (χ0n) is 14.5. The Hall–Kier alpha value is -3.01. The molecule has 3 aromatic rings. The number of nitrogens with zero attached hydrogens (tertiary/aromatic N) is 4. The lowest BCUT2D eigenvalue weighted by molar-refractivity contribution is 0.00973. The Morgan fingerprint density at radius 2 is 2.22 bits per heavy atom. The molecule has 1 atom stereocenters. The molecule has 27 heavy (non-hydrogen) atoms. The standard InChI is InChI=1S/C17H17F2N5O3/c1-23-15-12(7-20-23)16(25)22-17(21-15)24-4-5-26-11(8-24)9-27-10-2-3-13(18)14(19)6-10/h2-3,6-7,11H,4-5,8-9H2,1H3,(H,21,22,25). The third-order valence-electron chi connectivity index (χ3n) is 4.35. The minimum atomic E-state index is -0.968. The maximum absolute atomic E-state index is 13.3. The first-order chi connectivity index (χ1) is 13.0. The summed E-state index contributed by atoms with van der Waals surface area (Å²) in [6, 6.07) is 3.36. The Morgan fingerprint density at radius 1 is 1.37 bits per heavy atom. The molecule has 2 aromatic heterocycles. The number of anilines is 1. The topological polar surface area (TPSA) is 85.3 Å². The van der Waals surface area contributed by atoms with E-state index in [0.29, 0.717) is 36.7 Å².